The molecule has 6 nitrogen and oxygen atoms in total. The van der Waals surface area contributed by atoms with Crippen LogP contribution in [0, 0.1) is 0 Å². The van der Waals surface area contributed by atoms with Crippen molar-refractivity contribution in [2.75, 3.05) is 39.6 Å². The zero-order chi connectivity index (χ0) is 16.3. The van der Waals surface area contributed by atoms with Crippen LogP contribution < -0.4 is 0 Å². The molecule has 2 atom stereocenters. The zero-order valence-corrected chi connectivity index (χ0v) is 14.0. The second kappa shape index (κ2) is 10.7. The van der Waals surface area contributed by atoms with Gasteiger partial charge in [0, 0.05) is 0 Å². The summed E-state index contributed by atoms with van der Waals surface area (Å²) in [5, 5.41) is 0. The summed E-state index contributed by atoms with van der Waals surface area (Å²) in [5.74, 6) is 0. The van der Waals surface area contributed by atoms with Crippen LogP contribution in [-0.2, 0) is 36.9 Å². The molecule has 0 fully saturated rings. The van der Waals surface area contributed by atoms with Gasteiger partial charge in [-0.2, -0.15) is 0 Å². The van der Waals surface area contributed by atoms with Gasteiger partial charge in [0.1, 0.15) is 0 Å². The fourth-order valence-corrected chi connectivity index (χ4v) is 2.08. The Balaban J connectivity index is 1.89. The summed E-state index contributed by atoms with van der Waals surface area (Å²) < 4.78 is 28.0. The standard InChI is InChI=1S/C17H27NO5/c1-14-10-20-8-6-19-7-9-21-11-15(2)23-13-17-5-3-4-16(18-17)12-22-14/h3-5,14-15H,6-13H2,1-2H3. The van der Waals surface area contributed by atoms with Gasteiger partial charge < -0.3 is 23.7 Å². The molecule has 2 bridgehead atoms. The number of hydrogen-bond donors (Lipinski definition) is 0. The van der Waals surface area contributed by atoms with Crippen LogP contribution in [0.1, 0.15) is 25.2 Å². The van der Waals surface area contributed by atoms with Gasteiger partial charge in [0.2, 0.25) is 0 Å². The Morgan fingerprint density at radius 3 is 1.78 bits per heavy atom. The maximum atomic E-state index is 5.76. The van der Waals surface area contributed by atoms with E-state index in [1.807, 2.05) is 32.0 Å². The van der Waals surface area contributed by atoms with Crippen LogP contribution in [-0.4, -0.2) is 56.8 Å². The number of ether oxygens (including phenoxy) is 5. The van der Waals surface area contributed by atoms with Gasteiger partial charge in [0.15, 0.2) is 0 Å². The quantitative estimate of drug-likeness (QED) is 0.727. The predicted molar refractivity (Wildman–Crippen MR) is 85.2 cm³/mol. The van der Waals surface area contributed by atoms with Crippen LogP contribution in [0.5, 0.6) is 0 Å². The van der Waals surface area contributed by atoms with Gasteiger partial charge in [-0.15, -0.1) is 0 Å². The van der Waals surface area contributed by atoms with Crippen LogP contribution in [0.3, 0.4) is 0 Å². The third kappa shape index (κ3) is 7.85. The lowest BCUT2D eigenvalue weighted by Crippen LogP contribution is -2.20. The topological polar surface area (TPSA) is 59.0 Å². The van der Waals surface area contributed by atoms with E-state index in [1.54, 1.807) is 0 Å². The molecule has 0 saturated heterocycles. The minimum absolute atomic E-state index is 0.0129. The van der Waals surface area contributed by atoms with Crippen LogP contribution in [0.15, 0.2) is 18.2 Å². The Bertz CT molecular complexity index is 407. The number of aromatic nitrogens is 1. The van der Waals surface area contributed by atoms with Crippen molar-refractivity contribution in [2.24, 2.45) is 0 Å². The molecule has 2 rings (SSSR count). The van der Waals surface area contributed by atoms with E-state index in [9.17, 15) is 0 Å². The van der Waals surface area contributed by atoms with E-state index >= 15 is 0 Å². The first-order chi connectivity index (χ1) is 11.2. The summed E-state index contributed by atoms with van der Waals surface area (Å²) in [6.45, 7) is 8.23. The molecule has 0 radical (unpaired) electrons. The molecule has 0 saturated carbocycles. The molecule has 23 heavy (non-hydrogen) atoms. The summed E-state index contributed by atoms with van der Waals surface area (Å²) in [7, 11) is 0. The average Bonchev–Trinajstić information content (AvgIpc) is 2.56. The summed E-state index contributed by atoms with van der Waals surface area (Å²) in [5.41, 5.74) is 1.79. The predicted octanol–water partition coefficient (Wildman–Crippen LogP) is 1.96. The number of pyridine rings is 1. The van der Waals surface area contributed by atoms with Crippen molar-refractivity contribution in [3.63, 3.8) is 0 Å². The second-order valence-electron chi connectivity index (χ2n) is 5.63. The summed E-state index contributed by atoms with van der Waals surface area (Å²) in [6.07, 6.45) is 0.0258. The maximum absolute atomic E-state index is 5.76. The Hall–Kier alpha value is -1.05. The molecule has 1 aliphatic rings. The van der Waals surface area contributed by atoms with Gasteiger partial charge in [-0.25, -0.2) is 0 Å². The Labute approximate surface area is 138 Å². The molecule has 2 heterocycles. The van der Waals surface area contributed by atoms with Crippen molar-refractivity contribution in [2.45, 2.75) is 39.3 Å². The molecule has 0 aromatic carbocycles. The lowest BCUT2D eigenvalue weighted by Gasteiger charge is -2.16. The third-order valence-electron chi connectivity index (χ3n) is 3.35. The minimum atomic E-state index is 0.0129. The largest absolute Gasteiger partial charge is 0.377 e. The van der Waals surface area contributed by atoms with E-state index in [-0.39, 0.29) is 12.2 Å². The number of nitrogens with zero attached hydrogens (tertiary/aromatic N) is 1. The average molecular weight is 325 g/mol. The van der Waals surface area contributed by atoms with E-state index in [2.05, 4.69) is 4.98 Å². The van der Waals surface area contributed by atoms with E-state index in [0.29, 0.717) is 52.9 Å². The van der Waals surface area contributed by atoms with Crippen LogP contribution in [0.2, 0.25) is 0 Å². The highest BCUT2D eigenvalue weighted by molar-refractivity contribution is 5.10. The lowest BCUT2D eigenvalue weighted by atomic mass is 10.3. The number of fused-ring (bicyclic) bond motifs is 2. The van der Waals surface area contributed by atoms with Crippen molar-refractivity contribution in [1.82, 2.24) is 4.98 Å². The lowest BCUT2D eigenvalue weighted by molar-refractivity contribution is -0.0480. The Morgan fingerprint density at radius 2 is 1.26 bits per heavy atom. The van der Waals surface area contributed by atoms with Gasteiger partial charge in [0.05, 0.1) is 76.5 Å². The maximum Gasteiger partial charge on any atom is 0.0892 e. The zero-order valence-electron chi connectivity index (χ0n) is 14.0. The first kappa shape index (κ1) is 18.3. The highest BCUT2D eigenvalue weighted by Gasteiger charge is 2.07. The van der Waals surface area contributed by atoms with Crippen LogP contribution in [0.4, 0.5) is 0 Å². The van der Waals surface area contributed by atoms with E-state index in [4.69, 9.17) is 23.7 Å². The molecule has 1 aliphatic heterocycles. The second-order valence-corrected chi connectivity index (χ2v) is 5.63. The van der Waals surface area contributed by atoms with E-state index < -0.39 is 0 Å². The van der Waals surface area contributed by atoms with Crippen molar-refractivity contribution in [3.05, 3.63) is 29.6 Å². The summed E-state index contributed by atoms with van der Waals surface area (Å²) in [4.78, 5) is 4.55. The molecular weight excluding hydrogens is 298 g/mol. The Kier molecular flexibility index (Phi) is 8.49. The molecule has 0 spiro atoms. The molecule has 1 aromatic rings. The Morgan fingerprint density at radius 1 is 0.783 bits per heavy atom. The van der Waals surface area contributed by atoms with Gasteiger partial charge >= 0.3 is 0 Å². The molecule has 2 unspecified atom stereocenters. The van der Waals surface area contributed by atoms with E-state index in [0.717, 1.165) is 11.4 Å². The molecule has 0 aliphatic carbocycles. The summed E-state index contributed by atoms with van der Waals surface area (Å²) in [6, 6.07) is 5.88. The SMILES string of the molecule is CC1COCCOCCOCC(C)OCc2cccc(n2)CO1. The van der Waals surface area contributed by atoms with Crippen molar-refractivity contribution >= 4 is 0 Å². The van der Waals surface area contributed by atoms with Crippen molar-refractivity contribution in [1.29, 1.82) is 0 Å². The minimum Gasteiger partial charge on any atom is -0.377 e. The van der Waals surface area contributed by atoms with Crippen molar-refractivity contribution in [3.8, 4) is 0 Å². The molecule has 1 aromatic heterocycles. The molecule has 6 heteroatoms. The molecule has 130 valence electrons. The highest BCUT2D eigenvalue weighted by atomic mass is 16.6. The fourth-order valence-electron chi connectivity index (χ4n) is 2.08. The van der Waals surface area contributed by atoms with E-state index in [1.165, 1.54) is 0 Å². The van der Waals surface area contributed by atoms with Crippen LogP contribution in [0.25, 0.3) is 0 Å². The number of rotatable bonds is 0. The molecule has 0 N–H and O–H groups in total. The third-order valence-corrected chi connectivity index (χ3v) is 3.35. The first-order valence-electron chi connectivity index (χ1n) is 8.15. The normalized spacial score (nSPS) is 26.2. The monoisotopic (exact) mass is 325 g/mol. The van der Waals surface area contributed by atoms with Crippen molar-refractivity contribution < 1.29 is 23.7 Å². The van der Waals surface area contributed by atoms with Gasteiger partial charge in [-0.3, -0.25) is 4.98 Å². The smallest absolute Gasteiger partial charge is 0.0892 e. The molecular formula is C17H27NO5. The van der Waals surface area contributed by atoms with Crippen LogP contribution >= 0.6 is 0 Å². The van der Waals surface area contributed by atoms with Gasteiger partial charge in [-0.1, -0.05) is 6.07 Å². The highest BCUT2D eigenvalue weighted by Crippen LogP contribution is 2.06. The summed E-state index contributed by atoms with van der Waals surface area (Å²) >= 11 is 0. The molecule has 0 amide bonds. The van der Waals surface area contributed by atoms with Gasteiger partial charge in [0.25, 0.3) is 0 Å². The van der Waals surface area contributed by atoms with Gasteiger partial charge in [-0.05, 0) is 26.0 Å². The fraction of sp³-hybridized carbons (Fsp3) is 0.706. The first-order valence-corrected chi connectivity index (χ1v) is 8.15. The number of hydrogen-bond acceptors (Lipinski definition) is 6.